The van der Waals surface area contributed by atoms with Crippen LogP contribution >= 0.6 is 0 Å². The number of anilines is 2. The number of benzene rings is 1. The number of nitrogens with two attached hydrogens (primary N) is 1. The van der Waals surface area contributed by atoms with Crippen molar-refractivity contribution in [3.8, 4) is 0 Å². The Kier molecular flexibility index (Phi) is 13.3. The van der Waals surface area contributed by atoms with Gasteiger partial charge in [0.05, 0.1) is 13.1 Å². The monoisotopic (exact) mass is 689 g/mol. The van der Waals surface area contributed by atoms with Crippen molar-refractivity contribution in [1.29, 1.82) is 0 Å². The van der Waals surface area contributed by atoms with Gasteiger partial charge in [0.1, 0.15) is 17.2 Å². The maximum Gasteiger partial charge on any atom is 0.436 e. The maximum absolute atomic E-state index is 13.2. The summed E-state index contributed by atoms with van der Waals surface area (Å²) in [4.78, 5) is 20.5. The molecule has 5 rings (SSSR count). The summed E-state index contributed by atoms with van der Waals surface area (Å²) >= 11 is 0. The first kappa shape index (κ1) is 37.5. The Morgan fingerprint density at radius 1 is 1.00 bits per heavy atom. The van der Waals surface area contributed by atoms with Gasteiger partial charge in [0.15, 0.2) is 5.69 Å². The van der Waals surface area contributed by atoms with Crippen molar-refractivity contribution in [3.05, 3.63) is 77.4 Å². The van der Waals surface area contributed by atoms with Gasteiger partial charge in [-0.3, -0.25) is 4.68 Å². The van der Waals surface area contributed by atoms with Gasteiger partial charge in [-0.2, -0.15) is 18.3 Å². The molecule has 0 radical (unpaired) electrons. The van der Waals surface area contributed by atoms with Crippen molar-refractivity contribution >= 4 is 28.4 Å². The van der Waals surface area contributed by atoms with E-state index >= 15 is 0 Å². The summed E-state index contributed by atoms with van der Waals surface area (Å²) in [6.45, 7) is 3.89. The molecular formula is C35H44F5N7O2. The highest BCUT2D eigenvalue weighted by atomic mass is 19.4. The van der Waals surface area contributed by atoms with Gasteiger partial charge in [0, 0.05) is 43.5 Å². The number of rotatable bonds is 15. The molecule has 0 saturated carbocycles. The average Bonchev–Trinajstić information content (AvgIpc) is 3.66. The number of hydrogen-bond acceptors (Lipinski definition) is 7. The van der Waals surface area contributed by atoms with Crippen LogP contribution in [0.5, 0.6) is 0 Å². The van der Waals surface area contributed by atoms with Crippen LogP contribution in [0.25, 0.3) is 10.8 Å². The predicted molar refractivity (Wildman–Crippen MR) is 180 cm³/mol. The summed E-state index contributed by atoms with van der Waals surface area (Å²) in [5.41, 5.74) is 5.22. The molecule has 1 fully saturated rings. The summed E-state index contributed by atoms with van der Waals surface area (Å²) in [5, 5.41) is 17.9. The van der Waals surface area contributed by atoms with Crippen molar-refractivity contribution < 1.29 is 31.9 Å². The summed E-state index contributed by atoms with van der Waals surface area (Å²) in [7, 11) is 0. The molecule has 9 nitrogen and oxygen atoms in total. The molecule has 1 aliphatic heterocycles. The number of nitrogen functional groups attached to an aromatic ring is 1. The maximum atomic E-state index is 13.2. The smallest absolute Gasteiger partial charge is 0.436 e. The standard InChI is InChI=1S/C20H31N3.C15H13F5N4O2/c1-2-3-4-5-6-7-8-9-13-22-16-17-10-11-19-18(15-17)12-14-23-20(19)21;16-14(17)3-4-23(8-14)11-2-1-9(5-21-11)6-24-7-10(13(25)26)12(22-24)15(18,19)20/h10-12,14-15,22H,2-9,13,16H2,1H3,(H2,21,23);1-2,5,7H,3-4,6,8H2,(H,25,26). The van der Waals surface area contributed by atoms with Gasteiger partial charge in [-0.25, -0.2) is 23.5 Å². The lowest BCUT2D eigenvalue weighted by Gasteiger charge is -2.17. The van der Waals surface area contributed by atoms with Crippen molar-refractivity contribution in [3.63, 3.8) is 0 Å². The lowest BCUT2D eigenvalue weighted by atomic mass is 10.1. The fraction of sp³-hybridized carbons (Fsp3) is 0.486. The van der Waals surface area contributed by atoms with E-state index in [4.69, 9.17) is 10.8 Å². The molecule has 4 N–H and O–H groups in total. The van der Waals surface area contributed by atoms with Gasteiger partial charge in [-0.05, 0) is 47.7 Å². The summed E-state index contributed by atoms with van der Waals surface area (Å²) in [6.07, 6.45) is 9.72. The summed E-state index contributed by atoms with van der Waals surface area (Å²) in [5.74, 6) is -3.54. The van der Waals surface area contributed by atoms with Gasteiger partial charge in [0.25, 0.3) is 5.92 Å². The zero-order valence-electron chi connectivity index (χ0n) is 27.7. The van der Waals surface area contributed by atoms with Gasteiger partial charge >= 0.3 is 12.1 Å². The molecule has 1 saturated heterocycles. The third kappa shape index (κ3) is 11.4. The quantitative estimate of drug-likeness (QED) is 0.0850. The van der Waals surface area contributed by atoms with Crippen LogP contribution in [0.4, 0.5) is 33.6 Å². The van der Waals surface area contributed by atoms with Crippen LogP contribution in [0, 0.1) is 0 Å². The Hall–Kier alpha value is -4.33. The number of nitrogens with zero attached hydrogens (tertiary/aromatic N) is 5. The first-order chi connectivity index (χ1) is 23.4. The number of fused-ring (bicyclic) bond motifs is 1. The molecule has 4 heterocycles. The Morgan fingerprint density at radius 3 is 2.33 bits per heavy atom. The molecule has 0 unspecified atom stereocenters. The van der Waals surface area contributed by atoms with Crippen molar-refractivity contribution in [1.82, 2.24) is 25.1 Å². The van der Waals surface area contributed by atoms with Crippen molar-refractivity contribution in [2.24, 2.45) is 0 Å². The highest BCUT2D eigenvalue weighted by Gasteiger charge is 2.40. The second kappa shape index (κ2) is 17.4. The van der Waals surface area contributed by atoms with Crippen LogP contribution in [-0.4, -0.2) is 56.4 Å². The fourth-order valence-corrected chi connectivity index (χ4v) is 5.66. The Morgan fingerprint density at radius 2 is 1.71 bits per heavy atom. The van der Waals surface area contributed by atoms with Crippen LogP contribution in [0.1, 0.15) is 91.9 Å². The lowest BCUT2D eigenvalue weighted by molar-refractivity contribution is -0.142. The molecule has 3 aromatic heterocycles. The Bertz CT molecular complexity index is 1640. The highest BCUT2D eigenvalue weighted by molar-refractivity contribution is 5.91. The zero-order valence-corrected chi connectivity index (χ0v) is 27.7. The number of carbonyl (C=O) groups is 1. The van der Waals surface area contributed by atoms with Crippen LogP contribution in [0.3, 0.4) is 0 Å². The number of unbranched alkanes of at least 4 members (excludes halogenated alkanes) is 7. The van der Waals surface area contributed by atoms with Crippen LogP contribution in [0.2, 0.25) is 0 Å². The third-order valence-corrected chi connectivity index (χ3v) is 8.30. The Labute approximate surface area is 282 Å². The zero-order chi connectivity index (χ0) is 35.4. The number of hydrogen-bond donors (Lipinski definition) is 3. The van der Waals surface area contributed by atoms with Crippen molar-refractivity contribution in [2.75, 3.05) is 30.3 Å². The molecular weight excluding hydrogens is 645 g/mol. The van der Waals surface area contributed by atoms with E-state index in [-0.39, 0.29) is 19.5 Å². The number of aromatic nitrogens is 4. The second-order valence-corrected chi connectivity index (χ2v) is 12.3. The molecule has 49 heavy (non-hydrogen) atoms. The number of pyridine rings is 2. The van der Waals surface area contributed by atoms with Crippen LogP contribution in [0.15, 0.2) is 55.0 Å². The molecule has 14 heteroatoms. The molecule has 4 aromatic rings. The van der Waals surface area contributed by atoms with E-state index in [1.54, 1.807) is 6.20 Å². The lowest BCUT2D eigenvalue weighted by Crippen LogP contribution is -2.25. The summed E-state index contributed by atoms with van der Waals surface area (Å²) in [6, 6.07) is 11.4. The molecule has 0 atom stereocenters. The molecule has 0 spiro atoms. The minimum atomic E-state index is -4.89. The molecule has 0 aliphatic carbocycles. The van der Waals surface area contributed by atoms with E-state index in [0.29, 0.717) is 17.2 Å². The molecule has 0 amide bonds. The normalized spacial score (nSPS) is 14.2. The van der Waals surface area contributed by atoms with Gasteiger partial charge in [-0.1, -0.05) is 70.1 Å². The fourth-order valence-electron chi connectivity index (χ4n) is 5.66. The van der Waals surface area contributed by atoms with Gasteiger partial charge in [0.2, 0.25) is 0 Å². The van der Waals surface area contributed by atoms with Gasteiger partial charge in [-0.15, -0.1) is 0 Å². The second-order valence-electron chi connectivity index (χ2n) is 12.3. The number of aromatic carboxylic acids is 1. The SMILES string of the molecule is CCCCCCCCCCNCc1ccc2c(N)nccc2c1.O=C(O)c1cn(Cc2ccc(N3CCC(F)(F)C3)nc2)nc1C(F)(F)F. The van der Waals surface area contributed by atoms with E-state index < -0.39 is 35.9 Å². The van der Waals surface area contributed by atoms with E-state index in [1.807, 2.05) is 6.07 Å². The van der Waals surface area contributed by atoms with Crippen LogP contribution < -0.4 is 16.0 Å². The molecule has 1 aromatic carbocycles. The van der Waals surface area contributed by atoms with E-state index in [9.17, 15) is 26.7 Å². The first-order valence-corrected chi connectivity index (χ1v) is 16.7. The number of carboxylic acids is 1. The highest BCUT2D eigenvalue weighted by Crippen LogP contribution is 2.32. The summed E-state index contributed by atoms with van der Waals surface area (Å²) < 4.78 is 65.8. The average molecular weight is 690 g/mol. The minimum absolute atomic E-state index is 0.139. The first-order valence-electron chi connectivity index (χ1n) is 16.7. The Balaban J connectivity index is 0.000000223. The largest absolute Gasteiger partial charge is 0.478 e. The molecule has 0 bridgehead atoms. The van der Waals surface area contributed by atoms with Crippen molar-refractivity contribution in [2.45, 2.75) is 89.9 Å². The minimum Gasteiger partial charge on any atom is -0.478 e. The van der Waals surface area contributed by atoms with E-state index in [2.05, 4.69) is 45.5 Å². The number of alkyl halides is 5. The van der Waals surface area contributed by atoms with Gasteiger partial charge < -0.3 is 21.1 Å². The number of nitrogens with one attached hydrogen (secondary N) is 1. The molecule has 1 aliphatic rings. The topological polar surface area (TPSA) is 122 Å². The number of carboxylic acid groups (broad SMARTS) is 1. The van der Waals surface area contributed by atoms with E-state index in [0.717, 1.165) is 29.4 Å². The van der Waals surface area contributed by atoms with E-state index in [1.165, 1.54) is 85.5 Å². The molecule has 266 valence electrons. The number of halogens is 5. The third-order valence-electron chi connectivity index (χ3n) is 8.30. The predicted octanol–water partition coefficient (Wildman–Crippen LogP) is 7.94. The van der Waals surface area contributed by atoms with Crippen LogP contribution in [-0.2, 0) is 19.3 Å².